The summed E-state index contributed by atoms with van der Waals surface area (Å²) >= 11 is 0. The van der Waals surface area contributed by atoms with Gasteiger partial charge in [0.05, 0.1) is 61.0 Å². The van der Waals surface area contributed by atoms with Gasteiger partial charge in [-0.15, -0.1) is 0 Å². The average molecular weight is 714 g/mol. The summed E-state index contributed by atoms with van der Waals surface area (Å²) in [5.74, 6) is -0.222. The summed E-state index contributed by atoms with van der Waals surface area (Å²) < 4.78 is 54.0. The molecular weight excluding hydrogens is 654 g/mol. The average Bonchev–Trinajstić information content (AvgIpc) is 3.77. The van der Waals surface area contributed by atoms with Gasteiger partial charge < -0.3 is 48.7 Å². The second-order valence-electron chi connectivity index (χ2n) is 17.6. The fourth-order valence-corrected chi connectivity index (χ4v) is 11.3. The fourth-order valence-electron chi connectivity index (χ4n) is 11.3. The van der Waals surface area contributed by atoms with Crippen LogP contribution in [0.3, 0.4) is 0 Å². The first-order valence-corrected chi connectivity index (χ1v) is 20.1. The molecule has 19 atom stereocenters. The topological polar surface area (TPSA) is 137 Å². The van der Waals surface area contributed by atoms with E-state index in [-0.39, 0.29) is 110 Å². The van der Waals surface area contributed by atoms with Crippen LogP contribution in [0.4, 0.5) is 0 Å². The third-order valence-corrected chi connectivity index (χ3v) is 14.2. The van der Waals surface area contributed by atoms with Crippen molar-refractivity contribution >= 4 is 5.78 Å². The molecular formula is C40H59NO10. The predicted octanol–water partition coefficient (Wildman–Crippen LogP) is 4.06. The second-order valence-corrected chi connectivity index (χ2v) is 17.6. The van der Waals surface area contributed by atoms with Gasteiger partial charge in [0, 0.05) is 45.1 Å². The van der Waals surface area contributed by atoms with Crippen LogP contribution in [0.5, 0.6) is 0 Å². The van der Waals surface area contributed by atoms with E-state index in [2.05, 4.69) is 27.0 Å². The molecule has 0 aliphatic carbocycles. The van der Waals surface area contributed by atoms with E-state index < -0.39 is 11.9 Å². The van der Waals surface area contributed by atoms with Crippen LogP contribution in [0.15, 0.2) is 24.3 Å². The minimum atomic E-state index is -0.765. The Hall–Kier alpha value is -1.25. The number of carbonyl (C=O) groups excluding carboxylic acids is 1. The van der Waals surface area contributed by atoms with Crippen LogP contribution in [0.2, 0.25) is 0 Å². The van der Waals surface area contributed by atoms with Crippen LogP contribution in [0, 0.1) is 17.8 Å². The quantitative estimate of drug-likeness (QED) is 0.410. The molecule has 10 fully saturated rings. The van der Waals surface area contributed by atoms with Crippen molar-refractivity contribution < 1.29 is 47.8 Å². The van der Waals surface area contributed by atoms with Gasteiger partial charge in [-0.2, -0.15) is 0 Å². The maximum Gasteiger partial charge on any atom is 0.172 e. The minimum Gasteiger partial charge on any atom is -0.392 e. The van der Waals surface area contributed by atoms with Crippen LogP contribution < -0.4 is 5.73 Å². The molecule has 10 aliphatic heterocycles. The Morgan fingerprint density at radius 1 is 0.765 bits per heavy atom. The molecule has 0 radical (unpaired) electrons. The van der Waals surface area contributed by atoms with Gasteiger partial charge in [0.2, 0.25) is 0 Å². The van der Waals surface area contributed by atoms with E-state index in [1.54, 1.807) is 0 Å². The van der Waals surface area contributed by atoms with Crippen molar-refractivity contribution in [3.63, 3.8) is 0 Å². The van der Waals surface area contributed by atoms with Gasteiger partial charge in [0.15, 0.2) is 5.79 Å². The molecule has 0 saturated carbocycles. The summed E-state index contributed by atoms with van der Waals surface area (Å²) in [7, 11) is 0. The normalized spacial score (nSPS) is 53.2. The standard InChI is InChI=1S/C40H59NO10/c1-19-11-25-5-7-29-20(2)12-27(44-29)9-10-40-17-34-36(50-40)37-38(49-34)39(51-40)35-30(48-37)8-6-26(46-35)13-23(42)14-28-22(4)31(15-24(43)18-41)47-33(28)16-32(45-25)21(19)3/h19,22,24-39,43H,2-3,5-18,41H2,1,4H3/t19-,22-,24+,25+,26?,27+,28-,29?,30+,31-,32?,33+,34+,35+,36+,37+,38-,39?,40+/m1/s1. The largest absolute Gasteiger partial charge is 0.392 e. The number of aliphatic hydroxyl groups is 1. The minimum absolute atomic E-state index is 0.00127. The monoisotopic (exact) mass is 713 g/mol. The molecule has 51 heavy (non-hydrogen) atoms. The molecule has 0 aromatic rings. The van der Waals surface area contributed by atoms with Gasteiger partial charge in [-0.05, 0) is 73.8 Å². The van der Waals surface area contributed by atoms with Gasteiger partial charge in [-0.1, -0.05) is 27.0 Å². The third-order valence-electron chi connectivity index (χ3n) is 14.2. The fraction of sp³-hybridized carbons (Fsp3) is 0.875. The van der Waals surface area contributed by atoms with Crippen LogP contribution in [-0.2, 0) is 42.7 Å². The number of aliphatic hydroxyl groups excluding tert-OH is 1. The summed E-state index contributed by atoms with van der Waals surface area (Å²) in [6.45, 7) is 13.5. The summed E-state index contributed by atoms with van der Waals surface area (Å²) in [5, 5.41) is 10.5. The Labute approximate surface area is 302 Å². The first-order chi connectivity index (χ1) is 24.6. The van der Waals surface area contributed by atoms with Crippen LogP contribution in [0.1, 0.15) is 97.3 Å². The molecule has 10 aliphatic rings. The molecule has 0 aromatic carbocycles. The van der Waals surface area contributed by atoms with Crippen LogP contribution >= 0.6 is 0 Å². The summed E-state index contributed by atoms with van der Waals surface area (Å²) in [6, 6.07) is 0. The number of ether oxygens (including phenoxy) is 8. The molecule has 12 bridgehead atoms. The lowest BCUT2D eigenvalue weighted by Crippen LogP contribution is -2.61. The van der Waals surface area contributed by atoms with Crippen molar-refractivity contribution in [1.82, 2.24) is 0 Å². The van der Waals surface area contributed by atoms with E-state index in [0.717, 1.165) is 56.1 Å². The molecule has 284 valence electrons. The van der Waals surface area contributed by atoms with E-state index in [0.29, 0.717) is 44.4 Å². The lowest BCUT2D eigenvalue weighted by molar-refractivity contribution is -0.292. The van der Waals surface area contributed by atoms with E-state index in [9.17, 15) is 9.90 Å². The van der Waals surface area contributed by atoms with Gasteiger partial charge in [0.25, 0.3) is 0 Å². The van der Waals surface area contributed by atoms with E-state index >= 15 is 0 Å². The lowest BCUT2D eigenvalue weighted by atomic mass is 9.78. The Morgan fingerprint density at radius 2 is 1.51 bits per heavy atom. The maximum absolute atomic E-state index is 14.0. The zero-order valence-electron chi connectivity index (χ0n) is 30.4. The number of carbonyl (C=O) groups is 1. The highest BCUT2D eigenvalue weighted by atomic mass is 16.8. The van der Waals surface area contributed by atoms with Gasteiger partial charge in [-0.25, -0.2) is 0 Å². The number of Topliss-reactive ketones (excluding diaryl/α,β-unsaturated/α-hetero) is 1. The molecule has 10 rings (SSSR count). The van der Waals surface area contributed by atoms with E-state index in [1.807, 2.05) is 0 Å². The maximum atomic E-state index is 14.0. The Morgan fingerprint density at radius 3 is 2.35 bits per heavy atom. The summed E-state index contributed by atoms with van der Waals surface area (Å²) in [4.78, 5) is 14.0. The van der Waals surface area contributed by atoms with Crippen molar-refractivity contribution in [3.8, 4) is 0 Å². The molecule has 4 unspecified atom stereocenters. The van der Waals surface area contributed by atoms with Crippen molar-refractivity contribution in [2.24, 2.45) is 23.5 Å². The Balaban J connectivity index is 0.986. The molecule has 1 spiro atoms. The molecule has 0 amide bonds. The number of hydrogen-bond donors (Lipinski definition) is 2. The Kier molecular flexibility index (Phi) is 9.59. The number of rotatable bonds is 3. The highest BCUT2D eigenvalue weighted by Gasteiger charge is 2.68. The van der Waals surface area contributed by atoms with Gasteiger partial charge in [0.1, 0.15) is 36.3 Å². The Bertz CT molecular complexity index is 1360. The number of ketones is 1. The zero-order valence-corrected chi connectivity index (χ0v) is 30.4. The number of hydrogen-bond acceptors (Lipinski definition) is 11. The van der Waals surface area contributed by atoms with Crippen molar-refractivity contribution in [2.45, 2.75) is 195 Å². The van der Waals surface area contributed by atoms with Crippen molar-refractivity contribution in [1.29, 1.82) is 0 Å². The lowest BCUT2D eigenvalue weighted by Gasteiger charge is -2.47. The van der Waals surface area contributed by atoms with Crippen LogP contribution in [-0.4, -0.2) is 115 Å². The summed E-state index contributed by atoms with van der Waals surface area (Å²) in [5.41, 5.74) is 8.06. The molecule has 11 nitrogen and oxygen atoms in total. The van der Waals surface area contributed by atoms with Crippen molar-refractivity contribution in [3.05, 3.63) is 24.3 Å². The second kappa shape index (κ2) is 13.8. The third kappa shape index (κ3) is 6.53. The smallest absolute Gasteiger partial charge is 0.172 e. The molecule has 10 saturated heterocycles. The number of fused-ring (bicyclic) bond motifs is 6. The molecule has 0 aromatic heterocycles. The van der Waals surface area contributed by atoms with Crippen LogP contribution in [0.25, 0.3) is 0 Å². The SMILES string of the molecule is C=C1C[C@@H]2CC[C@@]34C[C@@H]5O[C@H]6C(O3)[C@H]3OC(CC[C@@H]3O[C@H]6[C@H]5O4)CC(=O)C[C@@H]3[C@@H](C)[C@@H](C[C@H](O)CN)O[C@H]3CC3O[C@@H](CCC1O2)C[C@@H](C)C3=C. The van der Waals surface area contributed by atoms with Crippen molar-refractivity contribution in [2.75, 3.05) is 6.54 Å². The zero-order chi connectivity index (χ0) is 35.2. The first kappa shape index (κ1) is 35.5. The highest BCUT2D eigenvalue weighted by molar-refractivity contribution is 5.79. The van der Waals surface area contributed by atoms with E-state index in [4.69, 9.17) is 43.6 Å². The molecule has 3 N–H and O–H groups in total. The molecule has 11 heteroatoms. The highest BCUT2D eigenvalue weighted by Crippen LogP contribution is 2.54. The van der Waals surface area contributed by atoms with E-state index in [1.165, 1.54) is 0 Å². The first-order valence-electron chi connectivity index (χ1n) is 20.1. The number of nitrogens with two attached hydrogens (primary N) is 1. The van der Waals surface area contributed by atoms with Gasteiger partial charge in [-0.3, -0.25) is 4.79 Å². The summed E-state index contributed by atoms with van der Waals surface area (Å²) in [6.07, 6.45) is 6.43. The molecule has 10 heterocycles. The predicted molar refractivity (Wildman–Crippen MR) is 185 cm³/mol. The van der Waals surface area contributed by atoms with Gasteiger partial charge >= 0.3 is 0 Å².